The van der Waals surface area contributed by atoms with Crippen molar-refractivity contribution >= 4 is 48.5 Å². The van der Waals surface area contributed by atoms with Gasteiger partial charge in [0.25, 0.3) is 0 Å². The quantitative estimate of drug-likeness (QED) is 0.493. The van der Waals surface area contributed by atoms with Crippen LogP contribution in [0.25, 0.3) is 32.5 Å². The van der Waals surface area contributed by atoms with E-state index in [0.717, 1.165) is 19.7 Å². The van der Waals surface area contributed by atoms with Crippen molar-refractivity contribution in [3.8, 4) is 17.1 Å². The average molecular weight is 388 g/mol. The van der Waals surface area contributed by atoms with Crippen molar-refractivity contribution in [2.24, 2.45) is 0 Å². The highest BCUT2D eigenvalue weighted by atomic mass is 79.9. The molecule has 4 nitrogen and oxygen atoms in total. The highest BCUT2D eigenvalue weighted by molar-refractivity contribution is 9.11. The number of ether oxygens (including phenoxy) is 1. The van der Waals surface area contributed by atoms with Crippen molar-refractivity contribution in [3.05, 3.63) is 56.6 Å². The molecule has 114 valence electrons. The smallest absolute Gasteiger partial charge is 0.194 e. The second-order valence-electron chi connectivity index (χ2n) is 4.96. The number of nitrogens with zero attached hydrogens (tertiary/aromatic N) is 1. The summed E-state index contributed by atoms with van der Waals surface area (Å²) in [4.78, 5) is 17.0. The predicted octanol–water partition coefficient (Wildman–Crippen LogP) is 4.84. The van der Waals surface area contributed by atoms with Crippen LogP contribution < -0.4 is 10.2 Å². The zero-order chi connectivity index (χ0) is 16.0. The minimum absolute atomic E-state index is 0.0779. The van der Waals surface area contributed by atoms with Gasteiger partial charge in [0.1, 0.15) is 17.1 Å². The summed E-state index contributed by atoms with van der Waals surface area (Å²) in [6.07, 6.45) is 0. The Kier molecular flexibility index (Phi) is 3.43. The molecule has 0 aliphatic heterocycles. The summed E-state index contributed by atoms with van der Waals surface area (Å²) in [5, 5.41) is 0.567. The van der Waals surface area contributed by atoms with Crippen LogP contribution in [0.5, 0.6) is 5.75 Å². The number of benzene rings is 2. The summed E-state index contributed by atoms with van der Waals surface area (Å²) in [5.74, 6) is 1.23. The Morgan fingerprint density at radius 1 is 1.22 bits per heavy atom. The van der Waals surface area contributed by atoms with Gasteiger partial charge in [0.15, 0.2) is 9.35 Å². The number of thiazole rings is 1. The van der Waals surface area contributed by atoms with Gasteiger partial charge in [-0.25, -0.2) is 4.98 Å². The van der Waals surface area contributed by atoms with E-state index in [1.165, 1.54) is 17.4 Å². The molecule has 4 rings (SSSR count). The molecule has 0 aliphatic rings. The fraction of sp³-hybridized carbons (Fsp3) is 0.0588. The first kappa shape index (κ1) is 14.4. The molecule has 0 aliphatic carbocycles. The third-order valence-corrected chi connectivity index (χ3v) is 5.12. The van der Waals surface area contributed by atoms with Crippen LogP contribution in [0.4, 0.5) is 0 Å². The Hall–Kier alpha value is -2.18. The van der Waals surface area contributed by atoms with Crippen LogP contribution in [0.1, 0.15) is 0 Å². The highest BCUT2D eigenvalue weighted by Crippen LogP contribution is 2.33. The highest BCUT2D eigenvalue weighted by Gasteiger charge is 2.13. The van der Waals surface area contributed by atoms with Gasteiger partial charge in [-0.15, -0.1) is 11.3 Å². The van der Waals surface area contributed by atoms with Crippen LogP contribution >= 0.6 is 27.3 Å². The molecule has 2 heterocycles. The normalized spacial score (nSPS) is 11.2. The van der Waals surface area contributed by atoms with E-state index in [2.05, 4.69) is 20.9 Å². The summed E-state index contributed by atoms with van der Waals surface area (Å²) < 4.78 is 12.8. The van der Waals surface area contributed by atoms with Crippen LogP contribution in [0.3, 0.4) is 0 Å². The van der Waals surface area contributed by atoms with E-state index in [9.17, 15) is 4.79 Å². The number of fused-ring (bicyclic) bond motifs is 3. The maximum Gasteiger partial charge on any atom is 0.194 e. The van der Waals surface area contributed by atoms with Gasteiger partial charge >= 0.3 is 0 Å². The molecule has 4 aromatic rings. The zero-order valence-electron chi connectivity index (χ0n) is 12.0. The summed E-state index contributed by atoms with van der Waals surface area (Å²) in [6.45, 7) is 0. The van der Waals surface area contributed by atoms with Crippen LogP contribution in [0.2, 0.25) is 0 Å². The van der Waals surface area contributed by atoms with E-state index in [1.54, 1.807) is 13.2 Å². The van der Waals surface area contributed by atoms with Crippen LogP contribution in [0, 0.1) is 0 Å². The lowest BCUT2D eigenvalue weighted by atomic mass is 10.1. The zero-order valence-corrected chi connectivity index (χ0v) is 14.4. The molecule has 23 heavy (non-hydrogen) atoms. The van der Waals surface area contributed by atoms with Crippen LogP contribution in [-0.2, 0) is 0 Å². The van der Waals surface area contributed by atoms with Gasteiger partial charge in [0, 0.05) is 11.6 Å². The maximum atomic E-state index is 12.6. The SMILES string of the molecule is COc1cccc(-c2cc(=O)c3c(ccc4nc(Br)sc43)o2)c1. The van der Waals surface area contributed by atoms with Gasteiger partial charge in [-0.05, 0) is 40.2 Å². The van der Waals surface area contributed by atoms with Gasteiger partial charge in [0.05, 0.1) is 22.7 Å². The first-order valence-electron chi connectivity index (χ1n) is 6.83. The number of hydrogen-bond donors (Lipinski definition) is 0. The topological polar surface area (TPSA) is 52.3 Å². The van der Waals surface area contributed by atoms with Crippen LogP contribution in [-0.4, -0.2) is 12.1 Å². The Bertz CT molecular complexity index is 1100. The second-order valence-corrected chi connectivity index (χ2v) is 7.24. The minimum Gasteiger partial charge on any atom is -0.497 e. The molecular formula is C17H10BrNO3S. The molecule has 6 heteroatoms. The minimum atomic E-state index is -0.0779. The van der Waals surface area contributed by atoms with E-state index in [4.69, 9.17) is 9.15 Å². The molecule has 0 fully saturated rings. The van der Waals surface area contributed by atoms with Crippen LogP contribution in [0.15, 0.2) is 55.6 Å². The van der Waals surface area contributed by atoms with E-state index in [0.29, 0.717) is 22.5 Å². The van der Waals surface area contributed by atoms with E-state index in [-0.39, 0.29) is 5.43 Å². The number of hydrogen-bond acceptors (Lipinski definition) is 5. The molecule has 0 unspecified atom stereocenters. The lowest BCUT2D eigenvalue weighted by molar-refractivity contribution is 0.415. The maximum absolute atomic E-state index is 12.6. The predicted molar refractivity (Wildman–Crippen MR) is 95.4 cm³/mol. The first-order chi connectivity index (χ1) is 11.2. The molecule has 0 atom stereocenters. The Labute approximate surface area is 143 Å². The third-order valence-electron chi connectivity index (χ3n) is 3.58. The van der Waals surface area contributed by atoms with Gasteiger partial charge < -0.3 is 9.15 Å². The Morgan fingerprint density at radius 3 is 2.91 bits per heavy atom. The number of halogens is 1. The second kappa shape index (κ2) is 5.47. The number of methoxy groups -OCH3 is 1. The van der Waals surface area contributed by atoms with Crippen molar-refractivity contribution in [3.63, 3.8) is 0 Å². The summed E-state index contributed by atoms with van der Waals surface area (Å²) in [5.41, 5.74) is 2.06. The molecule has 0 saturated heterocycles. The third kappa shape index (κ3) is 2.44. The van der Waals surface area contributed by atoms with Crippen molar-refractivity contribution in [1.82, 2.24) is 4.98 Å². The fourth-order valence-corrected chi connectivity index (χ4v) is 4.03. The van der Waals surface area contributed by atoms with Gasteiger partial charge in [-0.1, -0.05) is 12.1 Å². The molecule has 0 radical (unpaired) electrons. The molecule has 0 saturated carbocycles. The Morgan fingerprint density at radius 2 is 2.09 bits per heavy atom. The van der Waals surface area contributed by atoms with Gasteiger partial charge in [-0.3, -0.25) is 4.79 Å². The summed E-state index contributed by atoms with van der Waals surface area (Å²) in [6, 6.07) is 12.6. The summed E-state index contributed by atoms with van der Waals surface area (Å²) >= 11 is 4.79. The van der Waals surface area contributed by atoms with Crippen molar-refractivity contribution < 1.29 is 9.15 Å². The molecule has 0 bridgehead atoms. The number of aromatic nitrogens is 1. The lowest BCUT2D eigenvalue weighted by Gasteiger charge is -2.05. The van der Waals surface area contributed by atoms with Gasteiger partial charge in [-0.2, -0.15) is 0 Å². The van der Waals surface area contributed by atoms with Crippen molar-refractivity contribution in [1.29, 1.82) is 0 Å². The lowest BCUT2D eigenvalue weighted by Crippen LogP contribution is -2.00. The van der Waals surface area contributed by atoms with E-state index < -0.39 is 0 Å². The van der Waals surface area contributed by atoms with Gasteiger partial charge in [0.2, 0.25) is 0 Å². The standard InChI is InChI=1S/C17H10BrNO3S/c1-21-10-4-2-3-9(7-10)14-8-12(20)15-13(22-14)6-5-11-16(15)23-17(18)19-11/h2-8H,1H3. The summed E-state index contributed by atoms with van der Waals surface area (Å²) in [7, 11) is 1.61. The molecule has 0 amide bonds. The van der Waals surface area contributed by atoms with Crippen molar-refractivity contribution in [2.75, 3.05) is 7.11 Å². The molecule has 0 N–H and O–H groups in total. The Balaban J connectivity index is 2.00. The van der Waals surface area contributed by atoms with Crippen molar-refractivity contribution in [2.45, 2.75) is 0 Å². The van der Waals surface area contributed by atoms with E-state index in [1.807, 2.05) is 30.3 Å². The monoisotopic (exact) mass is 387 g/mol. The largest absolute Gasteiger partial charge is 0.497 e. The number of rotatable bonds is 2. The molecular weight excluding hydrogens is 378 g/mol. The first-order valence-corrected chi connectivity index (χ1v) is 8.44. The molecule has 0 spiro atoms. The molecule has 2 aromatic heterocycles. The van der Waals surface area contributed by atoms with E-state index >= 15 is 0 Å². The fourth-order valence-electron chi connectivity index (χ4n) is 2.52. The molecule has 2 aromatic carbocycles. The average Bonchev–Trinajstić information content (AvgIpc) is 2.94.